The van der Waals surface area contributed by atoms with Gasteiger partial charge in [0, 0.05) is 17.3 Å². The highest BCUT2D eigenvalue weighted by Crippen LogP contribution is 2.34. The average Bonchev–Trinajstić information content (AvgIpc) is 2.61. The van der Waals surface area contributed by atoms with Crippen LogP contribution in [-0.4, -0.2) is 13.0 Å². The molecule has 138 valence electrons. The molecule has 0 aliphatic heterocycles. The van der Waals surface area contributed by atoms with Crippen LogP contribution in [-0.2, 0) is 6.18 Å². The third-order valence-corrected chi connectivity index (χ3v) is 3.67. The highest BCUT2D eigenvalue weighted by Gasteiger charge is 2.31. The Morgan fingerprint density at radius 1 is 1.15 bits per heavy atom. The number of benzene rings is 2. The van der Waals surface area contributed by atoms with Gasteiger partial charge in [0.1, 0.15) is 5.75 Å². The van der Waals surface area contributed by atoms with Crippen molar-refractivity contribution < 1.29 is 22.7 Å². The molecule has 0 fully saturated rings. The minimum Gasteiger partial charge on any atom is -0.497 e. The van der Waals surface area contributed by atoms with Gasteiger partial charge in [0.15, 0.2) is 0 Å². The second-order valence-corrected chi connectivity index (χ2v) is 5.72. The molecule has 6 heteroatoms. The van der Waals surface area contributed by atoms with Crippen molar-refractivity contribution in [2.75, 3.05) is 12.4 Å². The van der Waals surface area contributed by atoms with Crippen molar-refractivity contribution in [2.45, 2.75) is 25.9 Å². The number of carbonyl (C=O) groups excluding carboxylic acids is 1. The molecule has 2 aromatic carbocycles. The summed E-state index contributed by atoms with van der Waals surface area (Å²) in [7, 11) is 1.27. The molecule has 1 N–H and O–H groups in total. The Balaban J connectivity index is 2.16. The monoisotopic (exact) mass is 363 g/mol. The lowest BCUT2D eigenvalue weighted by Crippen LogP contribution is -2.13. The number of halogens is 3. The molecule has 0 aliphatic carbocycles. The van der Waals surface area contributed by atoms with E-state index in [1.54, 1.807) is 24.3 Å². The van der Waals surface area contributed by atoms with E-state index in [-0.39, 0.29) is 11.4 Å². The fourth-order valence-electron chi connectivity index (χ4n) is 2.29. The van der Waals surface area contributed by atoms with Gasteiger partial charge in [0.05, 0.1) is 12.7 Å². The fourth-order valence-corrected chi connectivity index (χ4v) is 2.29. The Morgan fingerprint density at radius 2 is 1.85 bits per heavy atom. The zero-order valence-corrected chi connectivity index (χ0v) is 14.6. The molecule has 0 spiro atoms. The first-order valence-corrected chi connectivity index (χ1v) is 8.17. The number of hydrogen-bond donors (Lipinski definition) is 1. The number of methoxy groups -OCH3 is 1. The second-order valence-electron chi connectivity index (χ2n) is 5.72. The van der Waals surface area contributed by atoms with E-state index in [0.717, 1.165) is 30.5 Å². The van der Waals surface area contributed by atoms with Crippen molar-refractivity contribution in [1.82, 2.24) is 0 Å². The number of amides is 1. The van der Waals surface area contributed by atoms with Crippen LogP contribution in [0.3, 0.4) is 0 Å². The van der Waals surface area contributed by atoms with E-state index in [9.17, 15) is 18.0 Å². The van der Waals surface area contributed by atoms with Crippen LogP contribution < -0.4 is 10.1 Å². The van der Waals surface area contributed by atoms with Gasteiger partial charge in [-0.3, -0.25) is 4.79 Å². The van der Waals surface area contributed by atoms with Gasteiger partial charge in [-0.15, -0.1) is 0 Å². The van der Waals surface area contributed by atoms with E-state index in [4.69, 9.17) is 4.74 Å². The number of rotatable bonds is 6. The Morgan fingerprint density at radius 3 is 2.42 bits per heavy atom. The zero-order chi connectivity index (χ0) is 19.2. The van der Waals surface area contributed by atoms with Crippen LogP contribution in [0, 0.1) is 0 Å². The van der Waals surface area contributed by atoms with Crippen LogP contribution in [0.5, 0.6) is 5.75 Å². The molecule has 0 aliphatic rings. The maximum Gasteiger partial charge on any atom is 0.416 e. The highest BCUT2D eigenvalue weighted by molar-refractivity contribution is 6.04. The molecule has 0 heterocycles. The molecule has 0 unspecified atom stereocenters. The summed E-state index contributed by atoms with van der Waals surface area (Å²) in [6, 6.07) is 9.93. The van der Waals surface area contributed by atoms with Gasteiger partial charge >= 0.3 is 6.18 Å². The number of nitrogens with one attached hydrogen (secondary N) is 1. The van der Waals surface area contributed by atoms with Crippen molar-refractivity contribution in [3.63, 3.8) is 0 Å². The standard InChI is InChI=1S/C20H20F3NO2/c1-3-4-5-6-14-7-9-15(10-8-14)19(25)24-17-11-16(20(21,22)23)12-18(13-17)26-2/h5-13H,3-4H2,1-2H3,(H,24,25). The van der Waals surface area contributed by atoms with Crippen LogP contribution in [0.25, 0.3) is 6.08 Å². The van der Waals surface area contributed by atoms with Gasteiger partial charge in [-0.05, 0) is 36.2 Å². The quantitative estimate of drug-likeness (QED) is 0.706. The molecule has 2 rings (SSSR count). The summed E-state index contributed by atoms with van der Waals surface area (Å²) in [4.78, 5) is 12.3. The number of carbonyl (C=O) groups is 1. The molecule has 0 saturated heterocycles. The van der Waals surface area contributed by atoms with Crippen LogP contribution in [0.4, 0.5) is 18.9 Å². The Bertz CT molecular complexity index is 781. The predicted octanol–water partition coefficient (Wildman–Crippen LogP) is 5.78. The molecule has 0 atom stereocenters. The number of alkyl halides is 3. The number of allylic oxidation sites excluding steroid dienone is 1. The van der Waals surface area contributed by atoms with Crippen LogP contribution in [0.2, 0.25) is 0 Å². The highest BCUT2D eigenvalue weighted by atomic mass is 19.4. The maximum atomic E-state index is 12.9. The Hall–Kier alpha value is -2.76. The van der Waals surface area contributed by atoms with Crippen molar-refractivity contribution >= 4 is 17.7 Å². The van der Waals surface area contributed by atoms with Gasteiger partial charge in [0.2, 0.25) is 0 Å². The number of unbranched alkanes of at least 4 members (excludes halogenated alkanes) is 1. The van der Waals surface area contributed by atoms with Crippen molar-refractivity contribution in [2.24, 2.45) is 0 Å². The van der Waals surface area contributed by atoms with Gasteiger partial charge in [0.25, 0.3) is 5.91 Å². The third kappa shape index (κ3) is 5.37. The minimum absolute atomic E-state index is 0.0199. The van der Waals surface area contributed by atoms with E-state index in [0.29, 0.717) is 5.56 Å². The second kappa shape index (κ2) is 8.56. The predicted molar refractivity (Wildman–Crippen MR) is 96.3 cm³/mol. The fraction of sp³-hybridized carbons (Fsp3) is 0.250. The van der Waals surface area contributed by atoms with Gasteiger partial charge in [-0.2, -0.15) is 13.2 Å². The molecule has 0 bridgehead atoms. The molecule has 0 saturated carbocycles. The smallest absolute Gasteiger partial charge is 0.416 e. The zero-order valence-electron chi connectivity index (χ0n) is 14.6. The number of anilines is 1. The molecular formula is C20H20F3NO2. The Kier molecular flexibility index (Phi) is 6.44. The number of ether oxygens (including phenoxy) is 1. The Labute approximate surface area is 150 Å². The van der Waals surface area contributed by atoms with Crippen molar-refractivity contribution in [3.05, 3.63) is 65.2 Å². The molecular weight excluding hydrogens is 343 g/mol. The van der Waals surface area contributed by atoms with E-state index < -0.39 is 17.6 Å². The molecule has 2 aromatic rings. The lowest BCUT2D eigenvalue weighted by atomic mass is 10.1. The summed E-state index contributed by atoms with van der Waals surface area (Å²) in [6.45, 7) is 2.08. The summed E-state index contributed by atoms with van der Waals surface area (Å²) in [5.41, 5.74) is 0.446. The van der Waals surface area contributed by atoms with Gasteiger partial charge in [-0.25, -0.2) is 0 Å². The van der Waals surface area contributed by atoms with Crippen LogP contribution in [0.15, 0.2) is 48.5 Å². The SMILES string of the molecule is CCCC=Cc1ccc(C(=O)Nc2cc(OC)cc(C(F)(F)F)c2)cc1. The average molecular weight is 363 g/mol. The third-order valence-electron chi connectivity index (χ3n) is 3.67. The minimum atomic E-state index is -4.53. The van der Waals surface area contributed by atoms with E-state index in [2.05, 4.69) is 12.2 Å². The van der Waals surface area contributed by atoms with E-state index in [1.807, 2.05) is 12.2 Å². The van der Waals surface area contributed by atoms with E-state index in [1.165, 1.54) is 13.2 Å². The lowest BCUT2D eigenvalue weighted by Gasteiger charge is -2.12. The summed E-state index contributed by atoms with van der Waals surface area (Å²) in [5.74, 6) is -0.470. The number of hydrogen-bond acceptors (Lipinski definition) is 2. The summed E-state index contributed by atoms with van der Waals surface area (Å²) in [6.07, 6.45) is 1.50. The van der Waals surface area contributed by atoms with E-state index >= 15 is 0 Å². The summed E-state index contributed by atoms with van der Waals surface area (Å²) in [5, 5.41) is 2.48. The first kappa shape index (κ1) is 19.6. The normalized spacial score (nSPS) is 11.6. The van der Waals surface area contributed by atoms with Gasteiger partial charge in [-0.1, -0.05) is 37.6 Å². The maximum absolute atomic E-state index is 12.9. The summed E-state index contributed by atoms with van der Waals surface area (Å²) < 4.78 is 43.7. The molecule has 0 radical (unpaired) electrons. The van der Waals surface area contributed by atoms with Crippen molar-refractivity contribution in [3.8, 4) is 5.75 Å². The molecule has 3 nitrogen and oxygen atoms in total. The molecule has 0 aromatic heterocycles. The topological polar surface area (TPSA) is 38.3 Å². The summed E-state index contributed by atoms with van der Waals surface area (Å²) >= 11 is 0. The largest absolute Gasteiger partial charge is 0.497 e. The van der Waals surface area contributed by atoms with Crippen molar-refractivity contribution in [1.29, 1.82) is 0 Å². The molecule has 26 heavy (non-hydrogen) atoms. The first-order chi connectivity index (χ1) is 12.3. The van der Waals surface area contributed by atoms with Gasteiger partial charge < -0.3 is 10.1 Å². The molecule has 1 amide bonds. The lowest BCUT2D eigenvalue weighted by molar-refractivity contribution is -0.137. The van der Waals surface area contributed by atoms with Crippen LogP contribution >= 0.6 is 0 Å². The van der Waals surface area contributed by atoms with Crippen LogP contribution in [0.1, 0.15) is 41.3 Å². The first-order valence-electron chi connectivity index (χ1n) is 8.17.